The molecule has 0 fully saturated rings. The van der Waals surface area contributed by atoms with E-state index in [2.05, 4.69) is 9.50 Å². The summed E-state index contributed by atoms with van der Waals surface area (Å²) in [6, 6.07) is 12.8. The van der Waals surface area contributed by atoms with Crippen LogP contribution in [0.3, 0.4) is 0 Å². The van der Waals surface area contributed by atoms with Crippen molar-refractivity contribution in [2.45, 2.75) is 31.3 Å². The number of nitrogens with zero attached hydrogens (tertiary/aromatic N) is 3. The van der Waals surface area contributed by atoms with E-state index in [1.165, 1.54) is 31.2 Å². The van der Waals surface area contributed by atoms with Crippen molar-refractivity contribution in [1.82, 2.24) is 9.78 Å². The fourth-order valence-corrected chi connectivity index (χ4v) is 3.64. The van der Waals surface area contributed by atoms with Gasteiger partial charge in [-0.05, 0) is 49.6 Å². The highest BCUT2D eigenvalue weighted by atomic mass is 32.2. The van der Waals surface area contributed by atoms with Gasteiger partial charge in [-0.3, -0.25) is 0 Å². The molecule has 10 heteroatoms. The minimum atomic E-state index is -4.65. The third-order valence-electron chi connectivity index (χ3n) is 4.25. The van der Waals surface area contributed by atoms with Gasteiger partial charge in [-0.1, -0.05) is 36.8 Å². The van der Waals surface area contributed by atoms with Crippen LogP contribution in [0.5, 0.6) is 0 Å². The smallest absolute Gasteiger partial charge is 0.435 e. The number of rotatable bonds is 5. The number of hydrogen-bond donors (Lipinski definition) is 0. The average molecular weight is 436 g/mol. The second-order valence-electron chi connectivity index (χ2n) is 6.50. The molecule has 0 spiro atoms. The summed E-state index contributed by atoms with van der Waals surface area (Å²) in [6.45, 7) is 3.34. The summed E-state index contributed by atoms with van der Waals surface area (Å²) in [5.74, 6) is -0.789. The van der Waals surface area contributed by atoms with Gasteiger partial charge in [0.05, 0.1) is 16.3 Å². The topological polar surface area (TPSA) is 87.4 Å². The molecule has 30 heavy (non-hydrogen) atoms. The van der Waals surface area contributed by atoms with E-state index in [1.807, 2.05) is 6.92 Å². The molecule has 1 aromatic heterocycles. The average Bonchev–Trinajstić information content (AvgIpc) is 3.14. The Morgan fingerprint density at radius 3 is 2.23 bits per heavy atom. The minimum absolute atomic E-state index is 0.0648. The molecule has 0 bridgehead atoms. The number of benzene rings is 2. The van der Waals surface area contributed by atoms with Crippen LogP contribution in [0.4, 0.5) is 13.2 Å². The van der Waals surface area contributed by atoms with E-state index in [0.717, 1.165) is 16.3 Å². The lowest BCUT2D eigenvalue weighted by molar-refractivity contribution is -0.217. The van der Waals surface area contributed by atoms with Gasteiger partial charge in [0.1, 0.15) is 0 Å². The van der Waals surface area contributed by atoms with Crippen LogP contribution in [-0.2, 0) is 16.2 Å². The van der Waals surface area contributed by atoms with E-state index >= 15 is 0 Å². The van der Waals surface area contributed by atoms with Crippen LogP contribution in [-0.4, -0.2) is 24.1 Å². The van der Waals surface area contributed by atoms with Gasteiger partial charge in [0.15, 0.2) is 5.69 Å². The molecule has 0 saturated carbocycles. The van der Waals surface area contributed by atoms with E-state index in [1.54, 1.807) is 24.3 Å². The number of sulfonamides is 1. The second-order valence-corrected chi connectivity index (χ2v) is 8.10. The maximum absolute atomic E-state index is 13.3. The lowest BCUT2D eigenvalue weighted by Gasteiger charge is -2.10. The number of aromatic nitrogens is 2. The van der Waals surface area contributed by atoms with Gasteiger partial charge in [-0.25, -0.2) is 4.68 Å². The van der Waals surface area contributed by atoms with Crippen molar-refractivity contribution >= 4 is 15.9 Å². The molecule has 1 heterocycles. The van der Waals surface area contributed by atoms with Crippen molar-refractivity contribution < 1.29 is 26.7 Å². The van der Waals surface area contributed by atoms with Crippen molar-refractivity contribution in [1.29, 1.82) is 0 Å². The number of halogens is 3. The number of alkyl halides is 3. The third kappa shape index (κ3) is 4.54. The standard InChI is InChI=1S/C20H18F3N3O3S/c1-3-19(27)25-30(28,29)16-10-8-15(9-11-16)26-17(12-18(24-26)20(21,22)23)14-6-4-13(2)5-7-14/h4-12H,3H2,1-2H3,(H,25,27)/p-1. The van der Waals surface area contributed by atoms with Gasteiger partial charge in [-0.2, -0.15) is 31.1 Å². The van der Waals surface area contributed by atoms with Crippen molar-refractivity contribution in [2.75, 3.05) is 0 Å². The van der Waals surface area contributed by atoms with Crippen molar-refractivity contribution in [3.8, 4) is 16.9 Å². The summed E-state index contributed by atoms with van der Waals surface area (Å²) < 4.78 is 68.3. The molecule has 0 unspecified atom stereocenters. The zero-order valence-corrected chi connectivity index (χ0v) is 16.8. The molecule has 0 saturated heterocycles. The molecule has 3 aromatic rings. The Balaban J connectivity index is 2.09. The Hall–Kier alpha value is -3.14. The molecule has 0 amide bonds. The largest absolute Gasteiger partial charge is 0.861 e. The third-order valence-corrected chi connectivity index (χ3v) is 5.56. The van der Waals surface area contributed by atoms with Crippen molar-refractivity contribution in [2.24, 2.45) is 4.40 Å². The van der Waals surface area contributed by atoms with E-state index in [-0.39, 0.29) is 22.7 Å². The summed E-state index contributed by atoms with van der Waals surface area (Å²) in [5, 5.41) is 15.0. The molecule has 0 aliphatic carbocycles. The quantitative estimate of drug-likeness (QED) is 0.451. The van der Waals surface area contributed by atoms with E-state index < -0.39 is 27.8 Å². The van der Waals surface area contributed by atoms with E-state index in [9.17, 15) is 26.7 Å². The first-order chi connectivity index (χ1) is 14.0. The molecule has 6 nitrogen and oxygen atoms in total. The Kier molecular flexibility index (Phi) is 5.71. The Labute approximate surface area is 171 Å². The molecule has 3 rings (SSSR count). The molecule has 2 aromatic carbocycles. The van der Waals surface area contributed by atoms with Crippen LogP contribution in [0.25, 0.3) is 16.9 Å². The van der Waals surface area contributed by atoms with Gasteiger partial charge in [0.25, 0.3) is 10.0 Å². The Morgan fingerprint density at radius 1 is 1.10 bits per heavy atom. The zero-order chi connectivity index (χ0) is 22.1. The fraction of sp³-hybridized carbons (Fsp3) is 0.200. The summed E-state index contributed by atoms with van der Waals surface area (Å²) in [5.41, 5.74) is 0.813. The normalized spacial score (nSPS) is 12.9. The van der Waals surface area contributed by atoms with Gasteiger partial charge < -0.3 is 5.11 Å². The van der Waals surface area contributed by atoms with Crippen LogP contribution in [0.15, 0.2) is 63.9 Å². The van der Waals surface area contributed by atoms with Crippen LogP contribution >= 0.6 is 0 Å². The van der Waals surface area contributed by atoms with Gasteiger partial charge >= 0.3 is 6.18 Å². The number of hydrogen-bond acceptors (Lipinski definition) is 4. The fourth-order valence-electron chi connectivity index (χ4n) is 2.66. The molecule has 0 N–H and O–H groups in total. The minimum Gasteiger partial charge on any atom is -0.861 e. The van der Waals surface area contributed by atoms with Crippen LogP contribution < -0.4 is 5.11 Å². The molecular weight excluding hydrogens is 419 g/mol. The monoisotopic (exact) mass is 436 g/mol. The van der Waals surface area contributed by atoms with Gasteiger partial charge in [0, 0.05) is 5.56 Å². The summed E-state index contributed by atoms with van der Waals surface area (Å²) in [7, 11) is -4.19. The lowest BCUT2D eigenvalue weighted by Crippen LogP contribution is -2.18. The highest BCUT2D eigenvalue weighted by Crippen LogP contribution is 2.33. The predicted octanol–water partition coefficient (Wildman–Crippen LogP) is 3.72. The van der Waals surface area contributed by atoms with Gasteiger partial charge in [0.2, 0.25) is 0 Å². The Bertz CT molecular complexity index is 1180. The van der Waals surface area contributed by atoms with Crippen LogP contribution in [0.2, 0.25) is 0 Å². The summed E-state index contributed by atoms with van der Waals surface area (Å²) >= 11 is 0. The number of aryl methyl sites for hydroxylation is 1. The lowest BCUT2D eigenvalue weighted by atomic mass is 10.1. The van der Waals surface area contributed by atoms with Crippen LogP contribution in [0, 0.1) is 6.92 Å². The second kappa shape index (κ2) is 7.94. The zero-order valence-electron chi connectivity index (χ0n) is 16.0. The van der Waals surface area contributed by atoms with E-state index in [0.29, 0.717) is 5.56 Å². The SMILES string of the molecule is CC/C([O-])=N/S(=O)(=O)c1ccc(-n2nc(C(F)(F)F)cc2-c2ccc(C)cc2)cc1. The first-order valence-electron chi connectivity index (χ1n) is 8.87. The maximum atomic E-state index is 13.3. The first kappa shape index (κ1) is 21.6. The van der Waals surface area contributed by atoms with Crippen molar-refractivity contribution in [3.05, 3.63) is 65.9 Å². The Morgan fingerprint density at radius 2 is 1.70 bits per heavy atom. The molecule has 0 radical (unpaired) electrons. The molecule has 0 aliphatic rings. The highest BCUT2D eigenvalue weighted by Gasteiger charge is 2.35. The molecule has 0 atom stereocenters. The summed E-state index contributed by atoms with van der Waals surface area (Å²) in [4.78, 5) is -0.242. The van der Waals surface area contributed by atoms with Crippen LogP contribution in [0.1, 0.15) is 24.6 Å². The maximum Gasteiger partial charge on any atom is 0.435 e. The van der Waals surface area contributed by atoms with Crippen molar-refractivity contribution in [3.63, 3.8) is 0 Å². The predicted molar refractivity (Wildman–Crippen MR) is 104 cm³/mol. The first-order valence-corrected chi connectivity index (χ1v) is 10.3. The summed E-state index contributed by atoms with van der Waals surface area (Å²) in [6.07, 6.45) is -4.71. The van der Waals surface area contributed by atoms with E-state index in [4.69, 9.17) is 0 Å². The highest BCUT2D eigenvalue weighted by molar-refractivity contribution is 7.90. The van der Waals surface area contributed by atoms with Gasteiger partial charge in [-0.15, -0.1) is 0 Å². The molecule has 158 valence electrons. The molecule has 0 aliphatic heterocycles. The molecular formula is C20H17F3N3O3S-.